The molecule has 6 heteroatoms. The molecule has 1 aromatic carbocycles. The van der Waals surface area contributed by atoms with Gasteiger partial charge in [-0.25, -0.2) is 0 Å². The molecule has 1 aromatic heterocycles. The number of rotatable bonds is 5. The van der Waals surface area contributed by atoms with Gasteiger partial charge in [0.1, 0.15) is 11.5 Å². The van der Waals surface area contributed by atoms with Crippen LogP contribution in [0, 0.1) is 13.8 Å². The first-order chi connectivity index (χ1) is 10.0. The van der Waals surface area contributed by atoms with E-state index in [0.29, 0.717) is 30.0 Å². The summed E-state index contributed by atoms with van der Waals surface area (Å²) in [6.07, 6.45) is 0.913. The molecule has 1 heterocycles. The van der Waals surface area contributed by atoms with Crippen molar-refractivity contribution in [3.05, 3.63) is 35.2 Å². The SMILES string of the molecule is COc1ccc(N)c(NC(=O)CCc2c(C)noc2C)c1. The third kappa shape index (κ3) is 3.53. The number of aryl methyl sites for hydroxylation is 2. The Labute approximate surface area is 123 Å². The van der Waals surface area contributed by atoms with Gasteiger partial charge in [0.25, 0.3) is 0 Å². The van der Waals surface area contributed by atoms with E-state index in [1.807, 2.05) is 13.8 Å². The zero-order chi connectivity index (χ0) is 15.4. The first kappa shape index (κ1) is 14.9. The molecule has 6 nitrogen and oxygen atoms in total. The van der Waals surface area contributed by atoms with Gasteiger partial charge in [0.15, 0.2) is 0 Å². The van der Waals surface area contributed by atoms with Crippen LogP contribution in [-0.4, -0.2) is 18.2 Å². The van der Waals surface area contributed by atoms with E-state index < -0.39 is 0 Å². The third-order valence-corrected chi connectivity index (χ3v) is 3.32. The lowest BCUT2D eigenvalue weighted by molar-refractivity contribution is -0.116. The zero-order valence-corrected chi connectivity index (χ0v) is 12.4. The Balaban J connectivity index is 1.99. The minimum Gasteiger partial charge on any atom is -0.497 e. The summed E-state index contributed by atoms with van der Waals surface area (Å²) in [6, 6.07) is 5.14. The second-order valence-electron chi connectivity index (χ2n) is 4.80. The van der Waals surface area contributed by atoms with Gasteiger partial charge in [0.2, 0.25) is 5.91 Å². The number of carbonyl (C=O) groups excluding carboxylic acids is 1. The number of methoxy groups -OCH3 is 1. The molecular weight excluding hydrogens is 270 g/mol. The van der Waals surface area contributed by atoms with Crippen LogP contribution in [-0.2, 0) is 11.2 Å². The number of nitrogen functional groups attached to an aromatic ring is 1. The van der Waals surface area contributed by atoms with Crippen LogP contribution >= 0.6 is 0 Å². The van der Waals surface area contributed by atoms with Crippen molar-refractivity contribution in [2.75, 3.05) is 18.2 Å². The number of ether oxygens (including phenoxy) is 1. The highest BCUT2D eigenvalue weighted by molar-refractivity contribution is 5.94. The molecule has 0 atom stereocenters. The molecule has 2 rings (SSSR count). The van der Waals surface area contributed by atoms with Crippen LogP contribution in [0.2, 0.25) is 0 Å². The summed E-state index contributed by atoms with van der Waals surface area (Å²) in [5.41, 5.74) is 8.69. The van der Waals surface area contributed by atoms with Gasteiger partial charge in [-0.2, -0.15) is 0 Å². The van der Waals surface area contributed by atoms with Crippen LogP contribution in [0.5, 0.6) is 5.75 Å². The molecule has 0 saturated carbocycles. The van der Waals surface area contributed by atoms with Crippen LogP contribution < -0.4 is 15.8 Å². The van der Waals surface area contributed by atoms with Gasteiger partial charge in [-0.3, -0.25) is 4.79 Å². The van der Waals surface area contributed by atoms with Crippen molar-refractivity contribution < 1.29 is 14.1 Å². The number of nitrogens with zero attached hydrogens (tertiary/aromatic N) is 1. The van der Waals surface area contributed by atoms with Gasteiger partial charge >= 0.3 is 0 Å². The summed E-state index contributed by atoms with van der Waals surface area (Å²) < 4.78 is 10.2. The van der Waals surface area contributed by atoms with E-state index in [9.17, 15) is 4.79 Å². The van der Waals surface area contributed by atoms with Crippen LogP contribution in [0.3, 0.4) is 0 Å². The lowest BCUT2D eigenvalue weighted by Crippen LogP contribution is -2.14. The highest BCUT2D eigenvalue weighted by atomic mass is 16.5. The molecule has 0 saturated heterocycles. The van der Waals surface area contributed by atoms with Gasteiger partial charge in [0.05, 0.1) is 24.2 Å². The molecule has 112 valence electrons. The minimum absolute atomic E-state index is 0.116. The number of hydrogen-bond donors (Lipinski definition) is 2. The molecule has 0 aliphatic rings. The van der Waals surface area contributed by atoms with Crippen molar-refractivity contribution in [3.8, 4) is 5.75 Å². The molecule has 0 bridgehead atoms. The van der Waals surface area contributed by atoms with Gasteiger partial charge in [0, 0.05) is 18.1 Å². The maximum atomic E-state index is 12.0. The van der Waals surface area contributed by atoms with Crippen LogP contribution in [0.25, 0.3) is 0 Å². The maximum Gasteiger partial charge on any atom is 0.224 e. The molecular formula is C15H19N3O3. The second-order valence-corrected chi connectivity index (χ2v) is 4.80. The fraction of sp³-hybridized carbons (Fsp3) is 0.333. The fourth-order valence-corrected chi connectivity index (χ4v) is 2.08. The number of hydrogen-bond acceptors (Lipinski definition) is 5. The van der Waals surface area contributed by atoms with Crippen molar-refractivity contribution >= 4 is 17.3 Å². The molecule has 0 unspecified atom stereocenters. The highest BCUT2D eigenvalue weighted by Gasteiger charge is 2.12. The standard InChI is InChI=1S/C15H19N3O3/c1-9-12(10(2)21-18-9)5-7-15(19)17-14-8-11(20-3)4-6-13(14)16/h4,6,8H,5,7,16H2,1-3H3,(H,17,19). The first-order valence-corrected chi connectivity index (χ1v) is 6.66. The lowest BCUT2D eigenvalue weighted by Gasteiger charge is -2.10. The van der Waals surface area contributed by atoms with E-state index in [2.05, 4.69) is 10.5 Å². The van der Waals surface area contributed by atoms with E-state index in [0.717, 1.165) is 17.0 Å². The molecule has 0 radical (unpaired) electrons. The molecule has 2 aromatic rings. The molecule has 0 aliphatic heterocycles. The molecule has 21 heavy (non-hydrogen) atoms. The number of amides is 1. The van der Waals surface area contributed by atoms with Crippen LogP contribution in [0.15, 0.2) is 22.7 Å². The third-order valence-electron chi connectivity index (χ3n) is 3.32. The number of carbonyl (C=O) groups is 1. The van der Waals surface area contributed by atoms with E-state index in [4.69, 9.17) is 15.0 Å². The Morgan fingerprint density at radius 2 is 2.19 bits per heavy atom. The summed E-state index contributed by atoms with van der Waals surface area (Å²) in [5, 5.41) is 6.66. The quantitative estimate of drug-likeness (QED) is 0.825. The van der Waals surface area contributed by atoms with E-state index in [1.165, 1.54) is 0 Å². The van der Waals surface area contributed by atoms with Crippen molar-refractivity contribution in [1.82, 2.24) is 5.16 Å². The van der Waals surface area contributed by atoms with Crippen molar-refractivity contribution in [2.24, 2.45) is 0 Å². The van der Waals surface area contributed by atoms with Crippen LogP contribution in [0.1, 0.15) is 23.4 Å². The number of nitrogens with one attached hydrogen (secondary N) is 1. The highest BCUT2D eigenvalue weighted by Crippen LogP contribution is 2.24. The van der Waals surface area contributed by atoms with E-state index in [-0.39, 0.29) is 5.91 Å². The largest absolute Gasteiger partial charge is 0.497 e. The van der Waals surface area contributed by atoms with E-state index in [1.54, 1.807) is 25.3 Å². The summed E-state index contributed by atoms with van der Waals surface area (Å²) in [5.74, 6) is 1.28. The van der Waals surface area contributed by atoms with Crippen LogP contribution in [0.4, 0.5) is 11.4 Å². The van der Waals surface area contributed by atoms with Gasteiger partial charge in [-0.15, -0.1) is 0 Å². The number of aromatic nitrogens is 1. The maximum absolute atomic E-state index is 12.0. The monoisotopic (exact) mass is 289 g/mol. The van der Waals surface area contributed by atoms with Gasteiger partial charge in [-0.1, -0.05) is 5.16 Å². The molecule has 3 N–H and O–H groups in total. The Hall–Kier alpha value is -2.50. The van der Waals surface area contributed by atoms with Crippen molar-refractivity contribution in [3.63, 3.8) is 0 Å². The van der Waals surface area contributed by atoms with Gasteiger partial charge in [-0.05, 0) is 32.4 Å². The summed E-state index contributed by atoms with van der Waals surface area (Å²) in [4.78, 5) is 12.0. The summed E-state index contributed by atoms with van der Waals surface area (Å²) in [7, 11) is 1.56. The molecule has 0 aliphatic carbocycles. The predicted octanol–water partition coefficient (Wildman–Crippen LogP) is 2.45. The topological polar surface area (TPSA) is 90.4 Å². The van der Waals surface area contributed by atoms with Crippen molar-refractivity contribution in [1.29, 1.82) is 0 Å². The molecule has 1 amide bonds. The first-order valence-electron chi connectivity index (χ1n) is 6.66. The second kappa shape index (κ2) is 6.30. The summed E-state index contributed by atoms with van der Waals surface area (Å²) in [6.45, 7) is 3.71. The Morgan fingerprint density at radius 1 is 1.43 bits per heavy atom. The smallest absolute Gasteiger partial charge is 0.224 e. The average molecular weight is 289 g/mol. The number of benzene rings is 1. The molecule has 0 spiro atoms. The fourth-order valence-electron chi connectivity index (χ4n) is 2.08. The number of nitrogens with two attached hydrogens (primary N) is 1. The Kier molecular flexibility index (Phi) is 4.47. The Bertz CT molecular complexity index is 630. The minimum atomic E-state index is -0.116. The number of anilines is 2. The Morgan fingerprint density at radius 3 is 2.81 bits per heavy atom. The van der Waals surface area contributed by atoms with E-state index >= 15 is 0 Å². The average Bonchev–Trinajstić information content (AvgIpc) is 2.78. The summed E-state index contributed by atoms with van der Waals surface area (Å²) >= 11 is 0. The van der Waals surface area contributed by atoms with Gasteiger partial charge < -0.3 is 20.3 Å². The normalized spacial score (nSPS) is 10.4. The molecule has 0 fully saturated rings. The van der Waals surface area contributed by atoms with Crippen molar-refractivity contribution in [2.45, 2.75) is 26.7 Å². The zero-order valence-electron chi connectivity index (χ0n) is 12.4. The lowest BCUT2D eigenvalue weighted by atomic mass is 10.1. The predicted molar refractivity (Wildman–Crippen MR) is 80.3 cm³/mol.